The van der Waals surface area contributed by atoms with Gasteiger partial charge in [0.15, 0.2) is 9.67 Å². The van der Waals surface area contributed by atoms with E-state index >= 15 is 0 Å². The van der Waals surface area contributed by atoms with Crippen molar-refractivity contribution < 1.29 is 9.59 Å². The van der Waals surface area contributed by atoms with Gasteiger partial charge in [-0.3, -0.25) is 9.59 Å². The lowest BCUT2D eigenvalue weighted by atomic mass is 9.99. The molecule has 0 saturated heterocycles. The predicted molar refractivity (Wildman–Crippen MR) is 90.6 cm³/mol. The summed E-state index contributed by atoms with van der Waals surface area (Å²) in [6, 6.07) is 3.88. The molecule has 8 heteroatoms. The van der Waals surface area contributed by atoms with Crippen LogP contribution in [0.5, 0.6) is 0 Å². The van der Waals surface area contributed by atoms with Gasteiger partial charge < -0.3 is 10.6 Å². The Balaban J connectivity index is 2.75. The molecule has 0 saturated carbocycles. The monoisotopic (exact) mass is 384 g/mol. The van der Waals surface area contributed by atoms with E-state index in [9.17, 15) is 9.59 Å². The molecule has 0 fully saturated rings. The molecular formula is C14H16Cl4N2O2. The lowest BCUT2D eigenvalue weighted by Gasteiger charge is -2.14. The molecule has 0 atom stereocenters. The van der Waals surface area contributed by atoms with Gasteiger partial charge in [0.1, 0.15) is 0 Å². The average molecular weight is 386 g/mol. The standard InChI is InChI=1S/C14H16Cl4N2O2/c1-7-3-10(6-20-14(22)12(17)18)8(2)4-9(7)5-19-13(21)11(15)16/h3-4,11-12H,5-6H2,1-2H3,(H,19,21)(H,20,22). The summed E-state index contributed by atoms with van der Waals surface area (Å²) in [5, 5.41) is 5.29. The van der Waals surface area contributed by atoms with Gasteiger partial charge in [-0.1, -0.05) is 58.5 Å². The predicted octanol–water partition coefficient (Wildman–Crippen LogP) is 3.14. The molecule has 1 aromatic carbocycles. The van der Waals surface area contributed by atoms with Crippen molar-refractivity contribution >= 4 is 58.2 Å². The highest BCUT2D eigenvalue weighted by molar-refractivity contribution is 6.53. The Labute approximate surface area is 149 Å². The molecule has 4 nitrogen and oxygen atoms in total. The molecule has 122 valence electrons. The molecule has 0 aliphatic carbocycles. The second-order valence-electron chi connectivity index (χ2n) is 4.74. The Morgan fingerprint density at radius 3 is 1.45 bits per heavy atom. The Kier molecular flexibility index (Phi) is 7.77. The number of halogens is 4. The molecule has 0 radical (unpaired) electrons. The van der Waals surface area contributed by atoms with Gasteiger partial charge in [-0.05, 0) is 36.1 Å². The average Bonchev–Trinajstić information content (AvgIpc) is 2.45. The van der Waals surface area contributed by atoms with Crippen LogP contribution in [0.15, 0.2) is 12.1 Å². The maximum absolute atomic E-state index is 11.4. The number of benzene rings is 1. The number of nitrogens with one attached hydrogen (secondary N) is 2. The zero-order valence-corrected chi connectivity index (χ0v) is 15.1. The quantitative estimate of drug-likeness (QED) is 0.739. The minimum Gasteiger partial charge on any atom is -0.350 e. The smallest absolute Gasteiger partial charge is 0.253 e. The van der Waals surface area contributed by atoms with Crippen LogP contribution < -0.4 is 10.6 Å². The summed E-state index contributed by atoms with van der Waals surface area (Å²) in [7, 11) is 0. The second-order valence-corrected chi connectivity index (χ2v) is 6.93. The van der Waals surface area contributed by atoms with Crippen LogP contribution >= 0.6 is 46.4 Å². The van der Waals surface area contributed by atoms with Crippen LogP contribution in [-0.2, 0) is 22.7 Å². The third kappa shape index (κ3) is 5.84. The highest BCUT2D eigenvalue weighted by Crippen LogP contribution is 2.17. The maximum atomic E-state index is 11.4. The lowest BCUT2D eigenvalue weighted by Crippen LogP contribution is -2.29. The molecule has 0 heterocycles. The molecule has 0 aliphatic rings. The van der Waals surface area contributed by atoms with E-state index in [2.05, 4.69) is 10.6 Å². The summed E-state index contributed by atoms with van der Waals surface area (Å²) in [6.45, 7) is 4.49. The highest BCUT2D eigenvalue weighted by atomic mass is 35.5. The molecule has 0 unspecified atom stereocenters. The van der Waals surface area contributed by atoms with Crippen molar-refractivity contribution in [3.8, 4) is 0 Å². The second kappa shape index (κ2) is 8.82. The molecule has 2 amide bonds. The Morgan fingerprint density at radius 2 is 1.18 bits per heavy atom. The van der Waals surface area contributed by atoms with Gasteiger partial charge in [0, 0.05) is 13.1 Å². The van der Waals surface area contributed by atoms with E-state index in [0.717, 1.165) is 22.3 Å². The van der Waals surface area contributed by atoms with Gasteiger partial charge in [-0.2, -0.15) is 0 Å². The number of aryl methyl sites for hydroxylation is 2. The van der Waals surface area contributed by atoms with Crippen molar-refractivity contribution in [2.75, 3.05) is 0 Å². The summed E-state index contributed by atoms with van der Waals surface area (Å²) in [5.41, 5.74) is 3.85. The molecule has 2 N–H and O–H groups in total. The largest absolute Gasteiger partial charge is 0.350 e. The molecule has 0 aliphatic heterocycles. The van der Waals surface area contributed by atoms with Crippen molar-refractivity contribution in [1.29, 1.82) is 0 Å². The first kappa shape index (κ1) is 19.4. The molecular weight excluding hydrogens is 370 g/mol. The lowest BCUT2D eigenvalue weighted by molar-refractivity contribution is -0.120. The summed E-state index contributed by atoms with van der Waals surface area (Å²) < 4.78 is 0. The summed E-state index contributed by atoms with van der Waals surface area (Å²) >= 11 is 21.9. The van der Waals surface area contributed by atoms with Crippen molar-refractivity contribution in [2.45, 2.75) is 36.6 Å². The van der Waals surface area contributed by atoms with Crippen molar-refractivity contribution in [3.05, 3.63) is 34.4 Å². The number of alkyl halides is 4. The number of hydrogen-bond donors (Lipinski definition) is 2. The van der Waals surface area contributed by atoms with Crippen LogP contribution in [0.4, 0.5) is 0 Å². The summed E-state index contributed by atoms with van der Waals surface area (Å²) in [5.74, 6) is -0.876. The molecule has 0 spiro atoms. The van der Waals surface area contributed by atoms with Gasteiger partial charge in [0.25, 0.3) is 11.8 Å². The molecule has 22 heavy (non-hydrogen) atoms. The first-order chi connectivity index (χ1) is 10.2. The van der Waals surface area contributed by atoms with E-state index in [0.29, 0.717) is 13.1 Å². The van der Waals surface area contributed by atoms with Crippen LogP contribution in [-0.4, -0.2) is 21.5 Å². The fraction of sp³-hybridized carbons (Fsp3) is 0.429. The third-order valence-corrected chi connectivity index (χ3v) is 3.89. The number of hydrogen-bond acceptors (Lipinski definition) is 2. The number of amides is 2. The van der Waals surface area contributed by atoms with Crippen LogP contribution in [0.3, 0.4) is 0 Å². The topological polar surface area (TPSA) is 58.2 Å². The van der Waals surface area contributed by atoms with Gasteiger partial charge in [-0.25, -0.2) is 0 Å². The number of rotatable bonds is 6. The third-order valence-electron chi connectivity index (χ3n) is 3.10. The van der Waals surface area contributed by atoms with E-state index in [-0.39, 0.29) is 0 Å². The van der Waals surface area contributed by atoms with Gasteiger partial charge >= 0.3 is 0 Å². The molecule has 1 aromatic rings. The minimum atomic E-state index is -1.09. The van der Waals surface area contributed by atoms with Crippen LogP contribution in [0, 0.1) is 13.8 Å². The Hall–Kier alpha value is -0.680. The van der Waals surface area contributed by atoms with Crippen molar-refractivity contribution in [2.24, 2.45) is 0 Å². The SMILES string of the molecule is Cc1cc(CNC(=O)C(Cl)Cl)c(C)cc1CNC(=O)C(Cl)Cl. The van der Waals surface area contributed by atoms with E-state index in [1.807, 2.05) is 26.0 Å². The zero-order chi connectivity index (χ0) is 16.9. The van der Waals surface area contributed by atoms with E-state index in [1.165, 1.54) is 0 Å². The molecule has 0 bridgehead atoms. The minimum absolute atomic E-state index is 0.333. The van der Waals surface area contributed by atoms with Crippen molar-refractivity contribution in [3.63, 3.8) is 0 Å². The van der Waals surface area contributed by atoms with Crippen LogP contribution in [0.2, 0.25) is 0 Å². The fourth-order valence-electron chi connectivity index (χ4n) is 1.84. The van der Waals surface area contributed by atoms with E-state index in [1.54, 1.807) is 0 Å². The Bertz CT molecular complexity index is 512. The summed E-state index contributed by atoms with van der Waals surface area (Å²) in [6.07, 6.45) is 0. The summed E-state index contributed by atoms with van der Waals surface area (Å²) in [4.78, 5) is 20.6. The Morgan fingerprint density at radius 1 is 0.864 bits per heavy atom. The van der Waals surface area contributed by atoms with Crippen LogP contribution in [0.1, 0.15) is 22.3 Å². The highest BCUT2D eigenvalue weighted by Gasteiger charge is 2.13. The van der Waals surface area contributed by atoms with Gasteiger partial charge in [0.05, 0.1) is 0 Å². The molecule has 0 aromatic heterocycles. The van der Waals surface area contributed by atoms with Gasteiger partial charge in [-0.15, -0.1) is 0 Å². The number of carbonyl (C=O) groups excluding carboxylic acids is 2. The van der Waals surface area contributed by atoms with Gasteiger partial charge in [0.2, 0.25) is 0 Å². The van der Waals surface area contributed by atoms with E-state index in [4.69, 9.17) is 46.4 Å². The van der Waals surface area contributed by atoms with Crippen molar-refractivity contribution in [1.82, 2.24) is 10.6 Å². The molecule has 1 rings (SSSR count). The first-order valence-electron chi connectivity index (χ1n) is 6.43. The maximum Gasteiger partial charge on any atom is 0.253 e. The number of carbonyl (C=O) groups is 2. The zero-order valence-electron chi connectivity index (χ0n) is 12.1. The first-order valence-corrected chi connectivity index (χ1v) is 8.17. The van der Waals surface area contributed by atoms with Crippen LogP contribution in [0.25, 0.3) is 0 Å². The normalized spacial score (nSPS) is 10.9. The van der Waals surface area contributed by atoms with E-state index < -0.39 is 21.5 Å². The fourth-order valence-corrected chi connectivity index (χ4v) is 2.14.